The molecule has 0 spiro atoms. The topological polar surface area (TPSA) is 25.8 Å². The minimum Gasteiger partial charge on any atom is -1.00 e. The molecule has 0 saturated carbocycles. The number of methoxy groups -OCH3 is 1. The molecule has 0 amide bonds. The number of hydrogen-bond acceptors (Lipinski definition) is 1. The zero-order valence-corrected chi connectivity index (χ0v) is 12.6. The van der Waals surface area contributed by atoms with Gasteiger partial charge >= 0.3 is 0 Å². The molecular formula is C17H22ClNO. The molecular weight excluding hydrogens is 270 g/mol. The average molecular weight is 292 g/mol. The number of rotatable bonds is 7. The van der Waals surface area contributed by atoms with Gasteiger partial charge in [0.2, 0.25) is 0 Å². The van der Waals surface area contributed by atoms with Crippen molar-refractivity contribution in [2.45, 2.75) is 19.4 Å². The van der Waals surface area contributed by atoms with Crippen LogP contribution in [0.5, 0.6) is 5.75 Å². The summed E-state index contributed by atoms with van der Waals surface area (Å²) in [6, 6.07) is 19.0. The lowest BCUT2D eigenvalue weighted by molar-refractivity contribution is -0.670. The summed E-state index contributed by atoms with van der Waals surface area (Å²) in [6.07, 6.45) is 2.39. The highest BCUT2D eigenvalue weighted by atomic mass is 35.5. The Morgan fingerprint density at radius 1 is 0.900 bits per heavy atom. The summed E-state index contributed by atoms with van der Waals surface area (Å²) in [5.74, 6) is 0.924. The van der Waals surface area contributed by atoms with E-state index in [1.54, 1.807) is 7.11 Å². The van der Waals surface area contributed by atoms with Gasteiger partial charge in [0.15, 0.2) is 0 Å². The fourth-order valence-corrected chi connectivity index (χ4v) is 2.13. The van der Waals surface area contributed by atoms with E-state index >= 15 is 0 Å². The molecule has 3 heteroatoms. The molecule has 0 saturated heterocycles. The number of halogens is 1. The standard InChI is InChI=1S/C17H21NO.ClH/c1-19-17-11-9-16(10-12-17)14-18-13-5-8-15-6-3-2-4-7-15;/h2-4,6-7,9-12,18H,5,8,13-14H2,1H3;1H. The molecule has 0 heterocycles. The molecule has 2 N–H and O–H groups in total. The second-order valence-corrected chi connectivity index (χ2v) is 4.72. The largest absolute Gasteiger partial charge is 1.00 e. The maximum Gasteiger partial charge on any atom is 0.118 e. The Labute approximate surface area is 127 Å². The van der Waals surface area contributed by atoms with Gasteiger partial charge in [-0.3, -0.25) is 0 Å². The molecule has 0 aliphatic rings. The van der Waals surface area contributed by atoms with Gasteiger partial charge in [-0.25, -0.2) is 0 Å². The summed E-state index contributed by atoms with van der Waals surface area (Å²) in [7, 11) is 1.70. The molecule has 0 atom stereocenters. The van der Waals surface area contributed by atoms with Crippen LogP contribution in [0.25, 0.3) is 0 Å². The van der Waals surface area contributed by atoms with E-state index in [1.165, 1.54) is 30.5 Å². The van der Waals surface area contributed by atoms with Crippen LogP contribution in [0.1, 0.15) is 17.5 Å². The van der Waals surface area contributed by atoms with Crippen molar-refractivity contribution in [3.05, 3.63) is 65.7 Å². The smallest absolute Gasteiger partial charge is 0.118 e. The molecule has 2 aromatic rings. The SMILES string of the molecule is COc1ccc(C[NH2+]CCCc2ccccc2)cc1.[Cl-]. The highest BCUT2D eigenvalue weighted by molar-refractivity contribution is 5.26. The fraction of sp³-hybridized carbons (Fsp3) is 0.294. The van der Waals surface area contributed by atoms with Crippen LogP contribution in [-0.2, 0) is 13.0 Å². The first-order valence-electron chi connectivity index (χ1n) is 6.87. The van der Waals surface area contributed by atoms with Crippen molar-refractivity contribution in [3.8, 4) is 5.75 Å². The molecule has 20 heavy (non-hydrogen) atoms. The third kappa shape index (κ3) is 5.64. The lowest BCUT2D eigenvalue weighted by atomic mass is 10.1. The minimum absolute atomic E-state index is 0. The van der Waals surface area contributed by atoms with Gasteiger partial charge in [0.05, 0.1) is 13.7 Å². The summed E-state index contributed by atoms with van der Waals surface area (Å²) in [6.45, 7) is 2.21. The van der Waals surface area contributed by atoms with Crippen LogP contribution >= 0.6 is 0 Å². The molecule has 0 bridgehead atoms. The van der Waals surface area contributed by atoms with Crippen molar-refractivity contribution >= 4 is 0 Å². The van der Waals surface area contributed by atoms with Crippen molar-refractivity contribution in [2.75, 3.05) is 13.7 Å². The quantitative estimate of drug-likeness (QED) is 0.677. The molecule has 2 rings (SSSR count). The van der Waals surface area contributed by atoms with Crippen molar-refractivity contribution in [2.24, 2.45) is 0 Å². The summed E-state index contributed by atoms with van der Waals surface area (Å²) in [5, 5.41) is 2.37. The van der Waals surface area contributed by atoms with Crippen LogP contribution in [0.3, 0.4) is 0 Å². The molecule has 2 nitrogen and oxygen atoms in total. The lowest BCUT2D eigenvalue weighted by Crippen LogP contribution is -3.00. The Kier molecular flexibility index (Phi) is 7.78. The second kappa shape index (κ2) is 9.40. The number of ether oxygens (including phenoxy) is 1. The second-order valence-electron chi connectivity index (χ2n) is 4.72. The van der Waals surface area contributed by atoms with Crippen LogP contribution < -0.4 is 22.5 Å². The average Bonchev–Trinajstić information content (AvgIpc) is 2.49. The van der Waals surface area contributed by atoms with Crippen LogP contribution in [-0.4, -0.2) is 13.7 Å². The first-order valence-corrected chi connectivity index (χ1v) is 6.87. The van der Waals surface area contributed by atoms with Crippen LogP contribution in [0.15, 0.2) is 54.6 Å². The number of benzene rings is 2. The summed E-state index contributed by atoms with van der Waals surface area (Å²) in [5.41, 5.74) is 2.78. The normalized spacial score (nSPS) is 9.85. The van der Waals surface area contributed by atoms with E-state index in [4.69, 9.17) is 4.74 Å². The predicted octanol–water partition coefficient (Wildman–Crippen LogP) is -0.605. The molecule has 0 aromatic heterocycles. The maximum atomic E-state index is 5.15. The van der Waals surface area contributed by atoms with Crippen LogP contribution in [0.2, 0.25) is 0 Å². The van der Waals surface area contributed by atoms with E-state index in [0.29, 0.717) is 0 Å². The first kappa shape index (κ1) is 16.5. The number of quaternary nitrogens is 1. The summed E-state index contributed by atoms with van der Waals surface area (Å²) < 4.78 is 5.15. The zero-order valence-electron chi connectivity index (χ0n) is 11.9. The Balaban J connectivity index is 0.00000200. The Morgan fingerprint density at radius 3 is 2.25 bits per heavy atom. The Morgan fingerprint density at radius 2 is 1.60 bits per heavy atom. The number of nitrogens with two attached hydrogens (primary N) is 1. The van der Waals surface area contributed by atoms with E-state index in [1.807, 2.05) is 12.1 Å². The fourth-order valence-electron chi connectivity index (χ4n) is 2.13. The van der Waals surface area contributed by atoms with Crippen molar-refractivity contribution in [1.82, 2.24) is 0 Å². The molecule has 2 aromatic carbocycles. The highest BCUT2D eigenvalue weighted by Gasteiger charge is 1.97. The van der Waals surface area contributed by atoms with Gasteiger partial charge in [0.1, 0.15) is 12.3 Å². The van der Waals surface area contributed by atoms with Gasteiger partial charge in [-0.15, -0.1) is 0 Å². The van der Waals surface area contributed by atoms with E-state index in [9.17, 15) is 0 Å². The van der Waals surface area contributed by atoms with Crippen molar-refractivity contribution in [1.29, 1.82) is 0 Å². The van der Waals surface area contributed by atoms with Crippen molar-refractivity contribution in [3.63, 3.8) is 0 Å². The minimum atomic E-state index is 0. The predicted molar refractivity (Wildman–Crippen MR) is 78.3 cm³/mol. The third-order valence-electron chi connectivity index (χ3n) is 3.26. The van der Waals surface area contributed by atoms with Crippen LogP contribution in [0, 0.1) is 0 Å². The lowest BCUT2D eigenvalue weighted by Gasteiger charge is -2.04. The maximum absolute atomic E-state index is 5.15. The molecule has 0 aliphatic heterocycles. The van der Waals surface area contributed by atoms with Gasteiger partial charge in [0.25, 0.3) is 0 Å². The van der Waals surface area contributed by atoms with Gasteiger partial charge in [-0.05, 0) is 36.2 Å². The number of aryl methyl sites for hydroxylation is 1. The van der Waals surface area contributed by atoms with Gasteiger partial charge in [-0.2, -0.15) is 0 Å². The number of hydrogen-bond donors (Lipinski definition) is 1. The molecule has 0 aliphatic carbocycles. The summed E-state index contributed by atoms with van der Waals surface area (Å²) in [4.78, 5) is 0. The molecule has 0 fully saturated rings. The van der Waals surface area contributed by atoms with Gasteiger partial charge in [-0.1, -0.05) is 30.3 Å². The van der Waals surface area contributed by atoms with Gasteiger partial charge < -0.3 is 22.5 Å². The Hall–Kier alpha value is -1.51. The van der Waals surface area contributed by atoms with E-state index in [2.05, 4.69) is 47.8 Å². The van der Waals surface area contributed by atoms with Gasteiger partial charge in [0, 0.05) is 12.0 Å². The first-order chi connectivity index (χ1) is 9.38. The summed E-state index contributed by atoms with van der Waals surface area (Å²) >= 11 is 0. The third-order valence-corrected chi connectivity index (χ3v) is 3.26. The van der Waals surface area contributed by atoms with E-state index in [0.717, 1.165) is 12.3 Å². The molecule has 0 unspecified atom stereocenters. The monoisotopic (exact) mass is 291 g/mol. The molecule has 108 valence electrons. The van der Waals surface area contributed by atoms with Crippen molar-refractivity contribution < 1.29 is 22.5 Å². The Bertz CT molecular complexity index is 470. The molecule has 0 radical (unpaired) electrons. The van der Waals surface area contributed by atoms with E-state index < -0.39 is 0 Å². The van der Waals surface area contributed by atoms with Crippen LogP contribution in [0.4, 0.5) is 0 Å². The highest BCUT2D eigenvalue weighted by Crippen LogP contribution is 2.10. The zero-order chi connectivity index (χ0) is 13.3. The van der Waals surface area contributed by atoms with E-state index in [-0.39, 0.29) is 12.4 Å².